The van der Waals surface area contributed by atoms with E-state index in [1.54, 1.807) is 0 Å². The van der Waals surface area contributed by atoms with Crippen molar-refractivity contribution in [3.63, 3.8) is 0 Å². The minimum Gasteiger partial charge on any atom is -0.491 e. The molecule has 5 nitrogen and oxygen atoms in total. The zero-order chi connectivity index (χ0) is 21.1. The molecule has 0 atom stereocenters. The van der Waals surface area contributed by atoms with E-state index in [4.69, 9.17) is 14.1 Å². The Balaban J connectivity index is 1.68. The Labute approximate surface area is 174 Å². The Morgan fingerprint density at radius 1 is 0.966 bits per heavy atom. The van der Waals surface area contributed by atoms with E-state index < -0.39 is 8.32 Å². The van der Waals surface area contributed by atoms with Crippen LogP contribution in [0.4, 0.5) is 5.69 Å². The summed E-state index contributed by atoms with van der Waals surface area (Å²) in [6, 6.07) is 14.0. The van der Waals surface area contributed by atoms with Crippen LogP contribution in [0.5, 0.6) is 5.75 Å². The molecule has 29 heavy (non-hydrogen) atoms. The van der Waals surface area contributed by atoms with E-state index in [1.807, 2.05) is 55.7 Å². The SMILES string of the molecule is CNc1ccc(-c2cnc3ccc(OCCO[Si](C)(C)C(C)(C)C)cc3n2)cc1. The van der Waals surface area contributed by atoms with Gasteiger partial charge in [0.15, 0.2) is 8.32 Å². The van der Waals surface area contributed by atoms with E-state index in [2.05, 4.69) is 44.2 Å². The van der Waals surface area contributed by atoms with Crippen LogP contribution in [0.3, 0.4) is 0 Å². The molecular formula is C23H31N3O2Si. The largest absolute Gasteiger partial charge is 0.491 e. The van der Waals surface area contributed by atoms with Gasteiger partial charge in [-0.05, 0) is 42.4 Å². The molecule has 1 aromatic heterocycles. The van der Waals surface area contributed by atoms with E-state index in [9.17, 15) is 0 Å². The molecule has 0 bridgehead atoms. The van der Waals surface area contributed by atoms with Crippen molar-refractivity contribution in [1.29, 1.82) is 0 Å². The first-order chi connectivity index (χ1) is 13.7. The summed E-state index contributed by atoms with van der Waals surface area (Å²) in [7, 11) is 0.161. The summed E-state index contributed by atoms with van der Waals surface area (Å²) >= 11 is 0. The van der Waals surface area contributed by atoms with Crippen LogP contribution >= 0.6 is 0 Å². The fraction of sp³-hybridized carbons (Fsp3) is 0.391. The zero-order valence-electron chi connectivity index (χ0n) is 18.2. The lowest BCUT2D eigenvalue weighted by atomic mass is 10.1. The van der Waals surface area contributed by atoms with Crippen molar-refractivity contribution < 1.29 is 9.16 Å². The highest BCUT2D eigenvalue weighted by atomic mass is 28.4. The van der Waals surface area contributed by atoms with Crippen molar-refractivity contribution in [1.82, 2.24) is 9.97 Å². The quantitative estimate of drug-likeness (QED) is 0.398. The zero-order valence-corrected chi connectivity index (χ0v) is 19.2. The third kappa shape index (κ3) is 5.13. The number of nitrogens with one attached hydrogen (secondary N) is 1. The van der Waals surface area contributed by atoms with Crippen LogP contribution in [0.25, 0.3) is 22.3 Å². The number of hydrogen-bond donors (Lipinski definition) is 1. The molecule has 0 amide bonds. The summed E-state index contributed by atoms with van der Waals surface area (Å²) < 4.78 is 12.1. The summed E-state index contributed by atoms with van der Waals surface area (Å²) in [6.45, 7) is 12.4. The second kappa shape index (κ2) is 8.51. The average molecular weight is 410 g/mol. The van der Waals surface area contributed by atoms with Crippen molar-refractivity contribution in [3.05, 3.63) is 48.7 Å². The van der Waals surface area contributed by atoms with Crippen molar-refractivity contribution in [3.8, 4) is 17.0 Å². The topological polar surface area (TPSA) is 56.3 Å². The van der Waals surface area contributed by atoms with Gasteiger partial charge in [-0.15, -0.1) is 0 Å². The number of nitrogens with zero attached hydrogens (tertiary/aromatic N) is 2. The Morgan fingerprint density at radius 3 is 2.34 bits per heavy atom. The first-order valence-corrected chi connectivity index (χ1v) is 12.9. The van der Waals surface area contributed by atoms with E-state index >= 15 is 0 Å². The van der Waals surface area contributed by atoms with Crippen molar-refractivity contribution in [2.24, 2.45) is 0 Å². The molecule has 0 saturated carbocycles. The molecule has 0 aliphatic rings. The standard InChI is InChI=1S/C23H31N3O2Si/c1-23(2,3)29(5,6)28-14-13-27-19-11-12-20-21(15-19)26-22(16-25-20)17-7-9-18(24-4)10-8-17/h7-12,15-16,24H,13-14H2,1-6H3. The summed E-state index contributed by atoms with van der Waals surface area (Å²) in [6.07, 6.45) is 1.81. The Morgan fingerprint density at radius 2 is 1.69 bits per heavy atom. The summed E-state index contributed by atoms with van der Waals surface area (Å²) in [5.41, 5.74) is 4.62. The highest BCUT2D eigenvalue weighted by Crippen LogP contribution is 2.36. The van der Waals surface area contributed by atoms with Crippen LogP contribution in [0.1, 0.15) is 20.8 Å². The summed E-state index contributed by atoms with van der Waals surface area (Å²) in [4.78, 5) is 9.32. The van der Waals surface area contributed by atoms with E-state index in [-0.39, 0.29) is 5.04 Å². The number of anilines is 1. The molecule has 6 heteroatoms. The Kier molecular flexibility index (Phi) is 6.24. The lowest BCUT2D eigenvalue weighted by Crippen LogP contribution is -2.41. The minimum absolute atomic E-state index is 0.202. The summed E-state index contributed by atoms with van der Waals surface area (Å²) in [5, 5.41) is 3.33. The number of rotatable bonds is 7. The molecule has 0 aliphatic heterocycles. The van der Waals surface area contributed by atoms with Crippen molar-refractivity contribution >= 4 is 25.0 Å². The number of fused-ring (bicyclic) bond motifs is 1. The number of benzene rings is 2. The molecule has 2 aromatic carbocycles. The van der Waals surface area contributed by atoms with Crippen LogP contribution in [-0.2, 0) is 4.43 Å². The smallest absolute Gasteiger partial charge is 0.192 e. The second-order valence-corrected chi connectivity index (χ2v) is 13.5. The lowest BCUT2D eigenvalue weighted by Gasteiger charge is -2.36. The van der Waals surface area contributed by atoms with Crippen molar-refractivity contribution in [2.75, 3.05) is 25.6 Å². The van der Waals surface area contributed by atoms with E-state index in [1.165, 1.54) is 0 Å². The van der Waals surface area contributed by atoms with Gasteiger partial charge in [-0.1, -0.05) is 32.9 Å². The summed E-state index contributed by atoms with van der Waals surface area (Å²) in [5.74, 6) is 0.785. The van der Waals surface area contributed by atoms with Gasteiger partial charge in [0.2, 0.25) is 0 Å². The van der Waals surface area contributed by atoms with E-state index in [0.717, 1.165) is 33.7 Å². The molecule has 3 aromatic rings. The molecule has 154 valence electrons. The lowest BCUT2D eigenvalue weighted by molar-refractivity contribution is 0.203. The highest BCUT2D eigenvalue weighted by molar-refractivity contribution is 6.74. The van der Waals surface area contributed by atoms with Gasteiger partial charge < -0.3 is 14.5 Å². The minimum atomic E-state index is -1.75. The van der Waals surface area contributed by atoms with Crippen LogP contribution in [-0.4, -0.2) is 38.5 Å². The van der Waals surface area contributed by atoms with Crippen molar-refractivity contribution in [2.45, 2.75) is 38.9 Å². The Bertz CT molecular complexity index is 966. The van der Waals surface area contributed by atoms with Gasteiger partial charge in [-0.2, -0.15) is 0 Å². The number of aromatic nitrogens is 2. The molecule has 0 fully saturated rings. The molecular weight excluding hydrogens is 378 g/mol. The van der Waals surface area contributed by atoms with Gasteiger partial charge in [0.25, 0.3) is 0 Å². The molecule has 3 rings (SSSR count). The van der Waals surface area contributed by atoms with Gasteiger partial charge >= 0.3 is 0 Å². The molecule has 1 heterocycles. The fourth-order valence-corrected chi connectivity index (χ4v) is 3.73. The maximum absolute atomic E-state index is 6.18. The van der Waals surface area contributed by atoms with Gasteiger partial charge in [0.1, 0.15) is 12.4 Å². The molecule has 0 saturated heterocycles. The van der Waals surface area contributed by atoms with Gasteiger partial charge in [-0.25, -0.2) is 4.98 Å². The number of hydrogen-bond acceptors (Lipinski definition) is 5. The third-order valence-corrected chi connectivity index (χ3v) is 10.1. The number of ether oxygens (including phenoxy) is 1. The molecule has 0 aliphatic carbocycles. The first-order valence-electron chi connectivity index (χ1n) is 10.0. The predicted molar refractivity (Wildman–Crippen MR) is 123 cm³/mol. The predicted octanol–water partition coefficient (Wildman–Crippen LogP) is 5.74. The maximum atomic E-state index is 6.18. The van der Waals surface area contributed by atoms with E-state index in [0.29, 0.717) is 13.2 Å². The molecule has 0 unspecified atom stereocenters. The average Bonchev–Trinajstić information content (AvgIpc) is 2.70. The van der Waals surface area contributed by atoms with Gasteiger partial charge in [0.05, 0.1) is 29.5 Å². The van der Waals surface area contributed by atoms with Crippen LogP contribution in [0.15, 0.2) is 48.7 Å². The fourth-order valence-electron chi connectivity index (χ4n) is 2.70. The second-order valence-electron chi connectivity index (χ2n) is 8.69. The first kappa shape index (κ1) is 21.3. The molecule has 0 spiro atoms. The third-order valence-electron chi connectivity index (χ3n) is 5.60. The Hall–Kier alpha value is -2.44. The van der Waals surface area contributed by atoms with Crippen LogP contribution in [0, 0.1) is 0 Å². The van der Waals surface area contributed by atoms with Gasteiger partial charge in [0, 0.05) is 24.4 Å². The molecule has 0 radical (unpaired) electrons. The highest BCUT2D eigenvalue weighted by Gasteiger charge is 2.36. The maximum Gasteiger partial charge on any atom is 0.192 e. The molecule has 1 N–H and O–H groups in total. The van der Waals surface area contributed by atoms with Gasteiger partial charge in [-0.3, -0.25) is 4.98 Å². The monoisotopic (exact) mass is 409 g/mol. The van der Waals surface area contributed by atoms with Crippen LogP contribution < -0.4 is 10.1 Å². The normalized spacial score (nSPS) is 12.2. The van der Waals surface area contributed by atoms with Crippen LogP contribution in [0.2, 0.25) is 18.1 Å².